The molecule has 20 heavy (non-hydrogen) atoms. The number of thiophene rings is 1. The molecule has 1 heterocycles. The molecular formula is C13H18N2O3S2. The molecule has 0 unspecified atom stereocenters. The van der Waals surface area contributed by atoms with Gasteiger partial charge in [0.25, 0.3) is 0 Å². The summed E-state index contributed by atoms with van der Waals surface area (Å²) in [5.41, 5.74) is 0. The standard InChI is InChI=1S/C13H18N2O3S2/c16-9-8-14-6-2-7-15-20(17,18)13-4-1-3-12-11(13)5-10-19-12/h1,3-5,10,14-16H,2,6-9H2. The summed E-state index contributed by atoms with van der Waals surface area (Å²) in [7, 11) is -3.47. The molecule has 0 spiro atoms. The van der Waals surface area contributed by atoms with Crippen molar-refractivity contribution in [2.75, 3.05) is 26.2 Å². The molecule has 0 aliphatic rings. The third kappa shape index (κ3) is 3.77. The van der Waals surface area contributed by atoms with Crippen molar-refractivity contribution in [2.45, 2.75) is 11.3 Å². The van der Waals surface area contributed by atoms with Gasteiger partial charge in [-0.3, -0.25) is 0 Å². The maximum absolute atomic E-state index is 12.3. The van der Waals surface area contributed by atoms with E-state index in [9.17, 15) is 8.42 Å². The first-order valence-electron chi connectivity index (χ1n) is 6.42. The molecule has 3 N–H and O–H groups in total. The summed E-state index contributed by atoms with van der Waals surface area (Å²) in [5, 5.41) is 14.3. The minimum Gasteiger partial charge on any atom is -0.395 e. The fraction of sp³-hybridized carbons (Fsp3) is 0.385. The van der Waals surface area contributed by atoms with E-state index in [0.717, 1.165) is 10.1 Å². The molecule has 0 aliphatic carbocycles. The second-order valence-electron chi connectivity index (χ2n) is 4.31. The van der Waals surface area contributed by atoms with Crippen LogP contribution in [-0.2, 0) is 10.0 Å². The van der Waals surface area contributed by atoms with Crippen molar-refractivity contribution >= 4 is 31.4 Å². The van der Waals surface area contributed by atoms with Gasteiger partial charge in [-0.05, 0) is 36.5 Å². The molecule has 1 aromatic carbocycles. The van der Waals surface area contributed by atoms with Crippen LogP contribution in [0.2, 0.25) is 0 Å². The lowest BCUT2D eigenvalue weighted by Gasteiger charge is -2.08. The Morgan fingerprint density at radius 1 is 1.15 bits per heavy atom. The molecule has 0 radical (unpaired) electrons. The monoisotopic (exact) mass is 314 g/mol. The topological polar surface area (TPSA) is 78.4 Å². The summed E-state index contributed by atoms with van der Waals surface area (Å²) < 4.78 is 28.1. The second kappa shape index (κ2) is 7.14. The highest BCUT2D eigenvalue weighted by molar-refractivity contribution is 7.89. The van der Waals surface area contributed by atoms with Crippen molar-refractivity contribution in [1.82, 2.24) is 10.0 Å². The Morgan fingerprint density at radius 2 is 2.00 bits per heavy atom. The Bertz CT molecular complexity index is 652. The van der Waals surface area contributed by atoms with Gasteiger partial charge in [0.05, 0.1) is 11.5 Å². The molecule has 1 aromatic heterocycles. The quantitative estimate of drug-likeness (QED) is 0.639. The minimum atomic E-state index is -3.47. The van der Waals surface area contributed by atoms with Gasteiger partial charge in [-0.15, -0.1) is 11.3 Å². The summed E-state index contributed by atoms with van der Waals surface area (Å²) in [6.45, 7) is 1.67. The zero-order valence-electron chi connectivity index (χ0n) is 11.0. The number of fused-ring (bicyclic) bond motifs is 1. The Hall–Kier alpha value is -0.990. The van der Waals surface area contributed by atoms with Crippen LogP contribution in [0.25, 0.3) is 10.1 Å². The number of rotatable bonds is 8. The van der Waals surface area contributed by atoms with Crippen LogP contribution in [0.3, 0.4) is 0 Å². The van der Waals surface area contributed by atoms with Gasteiger partial charge in [-0.25, -0.2) is 13.1 Å². The summed E-state index contributed by atoms with van der Waals surface area (Å²) >= 11 is 1.53. The molecule has 2 rings (SSSR count). The van der Waals surface area contributed by atoms with Crippen LogP contribution >= 0.6 is 11.3 Å². The molecule has 7 heteroatoms. The van der Waals surface area contributed by atoms with E-state index in [1.165, 1.54) is 11.3 Å². The van der Waals surface area contributed by atoms with Crippen LogP contribution in [0.15, 0.2) is 34.5 Å². The van der Waals surface area contributed by atoms with E-state index in [4.69, 9.17) is 5.11 Å². The van der Waals surface area contributed by atoms with E-state index in [1.807, 2.05) is 17.5 Å². The van der Waals surface area contributed by atoms with E-state index in [1.54, 1.807) is 12.1 Å². The second-order valence-corrected chi connectivity index (χ2v) is 7.00. The van der Waals surface area contributed by atoms with Gasteiger partial charge in [-0.2, -0.15) is 0 Å². The number of hydrogen-bond donors (Lipinski definition) is 3. The number of aliphatic hydroxyl groups excluding tert-OH is 1. The molecular weight excluding hydrogens is 296 g/mol. The molecule has 0 bridgehead atoms. The lowest BCUT2D eigenvalue weighted by atomic mass is 10.3. The highest BCUT2D eigenvalue weighted by Crippen LogP contribution is 2.26. The fourth-order valence-corrected chi connectivity index (χ4v) is 4.07. The number of hydrogen-bond acceptors (Lipinski definition) is 5. The summed E-state index contributed by atoms with van der Waals surface area (Å²) in [6, 6.07) is 7.13. The zero-order valence-corrected chi connectivity index (χ0v) is 12.6. The fourth-order valence-electron chi connectivity index (χ4n) is 1.90. The van der Waals surface area contributed by atoms with Gasteiger partial charge in [0.2, 0.25) is 10.0 Å². The van der Waals surface area contributed by atoms with E-state index in [-0.39, 0.29) is 6.61 Å². The van der Waals surface area contributed by atoms with Crippen LogP contribution in [0.4, 0.5) is 0 Å². The highest BCUT2D eigenvalue weighted by Gasteiger charge is 2.16. The average molecular weight is 314 g/mol. The molecule has 0 aliphatic heterocycles. The number of benzene rings is 1. The molecule has 0 fully saturated rings. The smallest absolute Gasteiger partial charge is 0.241 e. The maximum Gasteiger partial charge on any atom is 0.241 e. The van der Waals surface area contributed by atoms with Gasteiger partial charge in [0, 0.05) is 23.2 Å². The van der Waals surface area contributed by atoms with Crippen molar-refractivity contribution in [1.29, 1.82) is 0 Å². The first-order valence-corrected chi connectivity index (χ1v) is 8.79. The zero-order chi connectivity index (χ0) is 14.4. The van der Waals surface area contributed by atoms with Gasteiger partial charge in [0.15, 0.2) is 0 Å². The molecule has 110 valence electrons. The number of sulfonamides is 1. The van der Waals surface area contributed by atoms with E-state index < -0.39 is 10.0 Å². The van der Waals surface area contributed by atoms with Crippen LogP contribution in [0.1, 0.15) is 6.42 Å². The van der Waals surface area contributed by atoms with Crippen LogP contribution in [0.5, 0.6) is 0 Å². The first-order chi connectivity index (χ1) is 9.65. The van der Waals surface area contributed by atoms with Crippen molar-refractivity contribution in [3.05, 3.63) is 29.6 Å². The SMILES string of the molecule is O=S(=O)(NCCCNCCO)c1cccc2sccc12. The third-order valence-corrected chi connectivity index (χ3v) is 5.26. The van der Waals surface area contributed by atoms with E-state index >= 15 is 0 Å². The van der Waals surface area contributed by atoms with Crippen molar-refractivity contribution in [2.24, 2.45) is 0 Å². The summed E-state index contributed by atoms with van der Waals surface area (Å²) in [5.74, 6) is 0. The average Bonchev–Trinajstić information content (AvgIpc) is 2.90. The highest BCUT2D eigenvalue weighted by atomic mass is 32.2. The predicted molar refractivity (Wildman–Crippen MR) is 81.6 cm³/mol. The first kappa shape index (κ1) is 15.4. The summed E-state index contributed by atoms with van der Waals surface area (Å²) in [6.07, 6.45) is 0.679. The molecule has 0 saturated heterocycles. The Morgan fingerprint density at radius 3 is 2.80 bits per heavy atom. The van der Waals surface area contributed by atoms with E-state index in [0.29, 0.717) is 31.0 Å². The lowest BCUT2D eigenvalue weighted by Crippen LogP contribution is -2.28. The summed E-state index contributed by atoms with van der Waals surface area (Å²) in [4.78, 5) is 0.333. The number of aliphatic hydroxyl groups is 1. The van der Waals surface area contributed by atoms with Crippen molar-refractivity contribution in [3.63, 3.8) is 0 Å². The Labute approximate surface area is 122 Å². The molecule has 5 nitrogen and oxygen atoms in total. The van der Waals surface area contributed by atoms with Gasteiger partial charge >= 0.3 is 0 Å². The maximum atomic E-state index is 12.3. The van der Waals surface area contributed by atoms with Crippen LogP contribution in [-0.4, -0.2) is 39.8 Å². The lowest BCUT2D eigenvalue weighted by molar-refractivity contribution is 0.292. The normalized spacial score (nSPS) is 12.1. The van der Waals surface area contributed by atoms with Crippen LogP contribution < -0.4 is 10.0 Å². The minimum absolute atomic E-state index is 0.0892. The third-order valence-electron chi connectivity index (χ3n) is 2.86. The van der Waals surface area contributed by atoms with E-state index in [2.05, 4.69) is 10.0 Å². The largest absolute Gasteiger partial charge is 0.395 e. The van der Waals surface area contributed by atoms with Crippen LogP contribution in [0, 0.1) is 0 Å². The Kier molecular flexibility index (Phi) is 5.50. The van der Waals surface area contributed by atoms with Gasteiger partial charge in [0.1, 0.15) is 0 Å². The number of nitrogens with one attached hydrogen (secondary N) is 2. The van der Waals surface area contributed by atoms with Crippen molar-refractivity contribution < 1.29 is 13.5 Å². The molecule has 0 amide bonds. The molecule has 2 aromatic rings. The van der Waals surface area contributed by atoms with Gasteiger partial charge in [-0.1, -0.05) is 6.07 Å². The predicted octanol–water partition coefficient (Wildman–Crippen LogP) is 1.15. The molecule has 0 saturated carbocycles. The Balaban J connectivity index is 1.98. The van der Waals surface area contributed by atoms with Crippen molar-refractivity contribution in [3.8, 4) is 0 Å². The molecule has 0 atom stereocenters. The van der Waals surface area contributed by atoms with Gasteiger partial charge < -0.3 is 10.4 Å².